The molecular formula is C19H19N3O. The van der Waals surface area contributed by atoms with Gasteiger partial charge in [0.1, 0.15) is 0 Å². The van der Waals surface area contributed by atoms with Crippen LogP contribution in [0.15, 0.2) is 54.6 Å². The van der Waals surface area contributed by atoms with Crippen molar-refractivity contribution in [3.63, 3.8) is 0 Å². The summed E-state index contributed by atoms with van der Waals surface area (Å²) in [6.45, 7) is 2.40. The molecule has 0 radical (unpaired) electrons. The fourth-order valence-corrected chi connectivity index (χ4v) is 2.98. The molecule has 1 fully saturated rings. The highest BCUT2D eigenvalue weighted by atomic mass is 16.2. The zero-order valence-electron chi connectivity index (χ0n) is 13.1. The second-order valence-electron chi connectivity index (χ2n) is 5.88. The second-order valence-corrected chi connectivity index (χ2v) is 5.88. The highest BCUT2D eigenvalue weighted by molar-refractivity contribution is 5.94. The summed E-state index contributed by atoms with van der Waals surface area (Å²) in [5.41, 5.74) is 2.36. The molecule has 23 heavy (non-hydrogen) atoms. The van der Waals surface area contributed by atoms with Crippen molar-refractivity contribution in [3.05, 3.63) is 71.3 Å². The van der Waals surface area contributed by atoms with Gasteiger partial charge in [0.2, 0.25) is 0 Å². The fourth-order valence-electron chi connectivity index (χ4n) is 2.98. The standard InChI is InChI=1S/C19H19N3O/c1-21-11-12-22(18(14-21)16-5-3-2-4-6-16)19(23)17-9-7-15(13-20)8-10-17/h2-10,18H,11-12,14H2,1H3. The number of hydrogen-bond acceptors (Lipinski definition) is 3. The van der Waals surface area contributed by atoms with Gasteiger partial charge in [-0.3, -0.25) is 4.79 Å². The van der Waals surface area contributed by atoms with Gasteiger partial charge in [-0.1, -0.05) is 30.3 Å². The van der Waals surface area contributed by atoms with Gasteiger partial charge in [-0.15, -0.1) is 0 Å². The molecule has 0 saturated carbocycles. The minimum atomic E-state index is 0.0245. The molecule has 1 aliphatic rings. The van der Waals surface area contributed by atoms with E-state index < -0.39 is 0 Å². The number of benzene rings is 2. The molecule has 0 spiro atoms. The third-order valence-corrected chi connectivity index (χ3v) is 4.29. The summed E-state index contributed by atoms with van der Waals surface area (Å²) >= 11 is 0. The zero-order chi connectivity index (χ0) is 16.2. The van der Waals surface area contributed by atoms with Crippen molar-refractivity contribution in [2.75, 3.05) is 26.7 Å². The van der Waals surface area contributed by atoms with E-state index in [1.54, 1.807) is 24.3 Å². The summed E-state index contributed by atoms with van der Waals surface area (Å²) in [6, 6.07) is 19.2. The third kappa shape index (κ3) is 3.25. The SMILES string of the molecule is CN1CCN(C(=O)c2ccc(C#N)cc2)C(c2ccccc2)C1. The van der Waals surface area contributed by atoms with Crippen molar-refractivity contribution >= 4 is 5.91 Å². The van der Waals surface area contributed by atoms with E-state index >= 15 is 0 Å². The minimum absolute atomic E-state index is 0.0245. The van der Waals surface area contributed by atoms with E-state index in [-0.39, 0.29) is 11.9 Å². The Morgan fingerprint density at radius 1 is 1.09 bits per heavy atom. The van der Waals surface area contributed by atoms with Gasteiger partial charge < -0.3 is 9.80 Å². The summed E-state index contributed by atoms with van der Waals surface area (Å²) in [5.74, 6) is 0.0245. The Morgan fingerprint density at radius 2 is 1.78 bits per heavy atom. The first kappa shape index (κ1) is 15.3. The lowest BCUT2D eigenvalue weighted by Crippen LogP contribution is -2.49. The van der Waals surface area contributed by atoms with Crippen LogP contribution in [0.2, 0.25) is 0 Å². The van der Waals surface area contributed by atoms with Gasteiger partial charge in [0.05, 0.1) is 17.7 Å². The average Bonchev–Trinajstić information content (AvgIpc) is 2.62. The van der Waals surface area contributed by atoms with Crippen molar-refractivity contribution in [1.82, 2.24) is 9.80 Å². The molecule has 1 aliphatic heterocycles. The Morgan fingerprint density at radius 3 is 2.43 bits per heavy atom. The van der Waals surface area contributed by atoms with Crippen LogP contribution in [0, 0.1) is 11.3 Å². The maximum Gasteiger partial charge on any atom is 0.254 e. The lowest BCUT2D eigenvalue weighted by Gasteiger charge is -2.40. The lowest BCUT2D eigenvalue weighted by molar-refractivity contribution is 0.0498. The summed E-state index contributed by atoms with van der Waals surface area (Å²) in [5, 5.41) is 8.88. The molecule has 0 N–H and O–H groups in total. The number of carbonyl (C=O) groups is 1. The molecule has 0 aliphatic carbocycles. The number of nitriles is 1. The first-order chi connectivity index (χ1) is 11.2. The van der Waals surface area contributed by atoms with Crippen LogP contribution in [0.3, 0.4) is 0 Å². The van der Waals surface area contributed by atoms with E-state index in [1.165, 1.54) is 0 Å². The Labute approximate surface area is 136 Å². The molecule has 2 aromatic rings. The van der Waals surface area contributed by atoms with E-state index in [0.29, 0.717) is 17.7 Å². The molecule has 1 amide bonds. The third-order valence-electron chi connectivity index (χ3n) is 4.29. The van der Waals surface area contributed by atoms with Crippen molar-refractivity contribution in [2.45, 2.75) is 6.04 Å². The molecule has 2 aromatic carbocycles. The number of rotatable bonds is 2. The lowest BCUT2D eigenvalue weighted by atomic mass is 10.0. The number of likely N-dealkylation sites (N-methyl/N-ethyl adjacent to an activating group) is 1. The second kappa shape index (κ2) is 6.64. The van der Waals surface area contributed by atoms with Gasteiger partial charge in [-0.25, -0.2) is 0 Å². The van der Waals surface area contributed by atoms with Crippen molar-refractivity contribution in [3.8, 4) is 6.07 Å². The van der Waals surface area contributed by atoms with Gasteiger partial charge in [0.15, 0.2) is 0 Å². The number of hydrogen-bond donors (Lipinski definition) is 0. The van der Waals surface area contributed by atoms with Crippen molar-refractivity contribution in [2.24, 2.45) is 0 Å². The summed E-state index contributed by atoms with van der Waals surface area (Å²) < 4.78 is 0. The molecule has 3 rings (SSSR count). The maximum atomic E-state index is 12.9. The predicted octanol–water partition coefficient (Wildman–Crippen LogP) is 2.69. The van der Waals surface area contributed by atoms with Gasteiger partial charge in [0, 0.05) is 25.2 Å². The molecule has 1 unspecified atom stereocenters. The quantitative estimate of drug-likeness (QED) is 0.857. The molecular weight excluding hydrogens is 286 g/mol. The highest BCUT2D eigenvalue weighted by Gasteiger charge is 2.30. The van der Waals surface area contributed by atoms with E-state index in [1.807, 2.05) is 23.1 Å². The first-order valence-corrected chi connectivity index (χ1v) is 7.73. The molecule has 1 atom stereocenters. The van der Waals surface area contributed by atoms with Crippen LogP contribution in [0.1, 0.15) is 27.5 Å². The van der Waals surface area contributed by atoms with E-state index in [9.17, 15) is 4.79 Å². The fraction of sp³-hybridized carbons (Fsp3) is 0.263. The van der Waals surface area contributed by atoms with Crippen molar-refractivity contribution < 1.29 is 4.79 Å². The summed E-state index contributed by atoms with van der Waals surface area (Å²) in [6.07, 6.45) is 0. The Hall–Kier alpha value is -2.64. The van der Waals surface area contributed by atoms with Crippen LogP contribution in [-0.2, 0) is 0 Å². The van der Waals surface area contributed by atoms with E-state index in [0.717, 1.165) is 18.7 Å². The summed E-state index contributed by atoms with van der Waals surface area (Å²) in [4.78, 5) is 17.1. The van der Waals surface area contributed by atoms with Crippen LogP contribution in [0.5, 0.6) is 0 Å². The largest absolute Gasteiger partial charge is 0.329 e. The molecule has 4 heteroatoms. The number of amides is 1. The van der Waals surface area contributed by atoms with Crippen LogP contribution in [-0.4, -0.2) is 42.4 Å². The smallest absolute Gasteiger partial charge is 0.254 e. The Bertz CT molecular complexity index is 719. The molecule has 4 nitrogen and oxygen atoms in total. The van der Waals surface area contributed by atoms with Gasteiger partial charge in [-0.05, 0) is 36.9 Å². The van der Waals surface area contributed by atoms with Gasteiger partial charge in [-0.2, -0.15) is 5.26 Å². The molecule has 1 saturated heterocycles. The van der Waals surface area contributed by atoms with Crippen LogP contribution >= 0.6 is 0 Å². The summed E-state index contributed by atoms with van der Waals surface area (Å²) in [7, 11) is 2.08. The van der Waals surface area contributed by atoms with Gasteiger partial charge >= 0.3 is 0 Å². The predicted molar refractivity (Wildman–Crippen MR) is 88.9 cm³/mol. The van der Waals surface area contributed by atoms with Crippen LogP contribution < -0.4 is 0 Å². The number of nitrogens with zero attached hydrogens (tertiary/aromatic N) is 3. The van der Waals surface area contributed by atoms with Gasteiger partial charge in [0.25, 0.3) is 5.91 Å². The maximum absolute atomic E-state index is 12.9. The highest BCUT2D eigenvalue weighted by Crippen LogP contribution is 2.26. The average molecular weight is 305 g/mol. The first-order valence-electron chi connectivity index (χ1n) is 7.73. The van der Waals surface area contributed by atoms with Crippen molar-refractivity contribution in [1.29, 1.82) is 5.26 Å². The normalized spacial score (nSPS) is 18.4. The monoisotopic (exact) mass is 305 g/mol. The molecule has 0 bridgehead atoms. The molecule has 116 valence electrons. The number of piperazine rings is 1. The number of carbonyl (C=O) groups excluding carboxylic acids is 1. The topological polar surface area (TPSA) is 47.3 Å². The van der Waals surface area contributed by atoms with E-state index in [2.05, 4.69) is 30.1 Å². The minimum Gasteiger partial charge on any atom is -0.329 e. The van der Waals surface area contributed by atoms with Crippen LogP contribution in [0.25, 0.3) is 0 Å². The zero-order valence-corrected chi connectivity index (χ0v) is 13.1. The van der Waals surface area contributed by atoms with Crippen LogP contribution in [0.4, 0.5) is 0 Å². The Balaban J connectivity index is 1.88. The Kier molecular flexibility index (Phi) is 4.40. The molecule has 0 aromatic heterocycles. The van der Waals surface area contributed by atoms with E-state index in [4.69, 9.17) is 5.26 Å². The molecule has 1 heterocycles.